The molecule has 2 aromatic heterocycles. The lowest BCUT2D eigenvalue weighted by molar-refractivity contribution is -0.0964. The average molecular weight is 505 g/mol. The van der Waals surface area contributed by atoms with Crippen LogP contribution in [0.2, 0.25) is 0 Å². The lowest BCUT2D eigenvalue weighted by Crippen LogP contribution is -2.16. The monoisotopic (exact) mass is 504 g/mol. The maximum Gasteiger partial charge on any atom is 0.487 e. The van der Waals surface area contributed by atoms with Crippen molar-refractivity contribution in [3.63, 3.8) is 0 Å². The van der Waals surface area contributed by atoms with Gasteiger partial charge >= 0.3 is 5.57 Å². The van der Waals surface area contributed by atoms with Crippen LogP contribution in [0.25, 0.3) is 22.2 Å². The van der Waals surface area contributed by atoms with Crippen LogP contribution >= 0.6 is 11.6 Å². The van der Waals surface area contributed by atoms with Gasteiger partial charge in [0.1, 0.15) is 5.75 Å². The predicted octanol–water partition coefficient (Wildman–Crippen LogP) is 6.79. The van der Waals surface area contributed by atoms with Crippen molar-refractivity contribution < 1.29 is 27.1 Å². The van der Waals surface area contributed by atoms with Crippen molar-refractivity contribution in [2.45, 2.75) is 30.9 Å². The number of imidazole rings is 1. The summed E-state index contributed by atoms with van der Waals surface area (Å²) in [5.74, 6) is -1.06. The van der Waals surface area contributed by atoms with Gasteiger partial charge in [-0.3, -0.25) is 9.78 Å². The molecular formula is C24H17ClF4N4O2. The number of nitrogens with zero attached hydrogens (tertiary/aromatic N) is 3. The van der Waals surface area contributed by atoms with Crippen molar-refractivity contribution in [3.8, 4) is 16.9 Å². The van der Waals surface area contributed by atoms with E-state index >= 15 is 0 Å². The van der Waals surface area contributed by atoms with Crippen LogP contribution in [0.5, 0.6) is 5.75 Å². The van der Waals surface area contributed by atoms with Gasteiger partial charge in [0.25, 0.3) is 12.3 Å². The molecule has 0 saturated heterocycles. The molecule has 1 aliphatic carbocycles. The number of hydrogen-bond acceptors (Lipinski definition) is 4. The first-order valence-electron chi connectivity index (χ1n) is 10.6. The second-order valence-corrected chi connectivity index (χ2v) is 8.47. The van der Waals surface area contributed by atoms with Crippen LogP contribution < -0.4 is 10.1 Å². The fraction of sp³-hybridized carbons (Fsp3) is 0.208. The van der Waals surface area contributed by atoms with Gasteiger partial charge < -0.3 is 14.6 Å². The molecule has 1 fully saturated rings. The molecule has 180 valence electrons. The number of fused-ring (bicyclic) bond motifs is 1. The van der Waals surface area contributed by atoms with E-state index in [1.165, 1.54) is 30.3 Å². The molecule has 1 N–H and O–H groups in total. The molecule has 2 aromatic carbocycles. The van der Waals surface area contributed by atoms with Crippen molar-refractivity contribution in [2.75, 3.05) is 5.32 Å². The van der Waals surface area contributed by atoms with Crippen LogP contribution in [0.4, 0.5) is 23.2 Å². The topological polar surface area (TPSA) is 69.0 Å². The predicted molar refractivity (Wildman–Crippen MR) is 122 cm³/mol. The van der Waals surface area contributed by atoms with Crippen LogP contribution in [0.1, 0.15) is 41.5 Å². The number of benzene rings is 2. The van der Waals surface area contributed by atoms with E-state index in [1.54, 1.807) is 35.2 Å². The maximum absolute atomic E-state index is 13.8. The van der Waals surface area contributed by atoms with Gasteiger partial charge in [-0.2, -0.15) is 0 Å². The number of ether oxygens (including phenoxy) is 1. The van der Waals surface area contributed by atoms with E-state index in [0.29, 0.717) is 22.3 Å². The smallest absolute Gasteiger partial charge is 0.420 e. The number of pyridine rings is 1. The fourth-order valence-electron chi connectivity index (χ4n) is 3.92. The second-order valence-electron chi connectivity index (χ2n) is 8.03. The summed E-state index contributed by atoms with van der Waals surface area (Å²) >= 11 is 4.76. The molecule has 4 aromatic rings. The molecule has 0 unspecified atom stereocenters. The van der Waals surface area contributed by atoms with Gasteiger partial charge in [0.05, 0.1) is 11.0 Å². The molecule has 0 bridgehead atoms. The van der Waals surface area contributed by atoms with Crippen molar-refractivity contribution in [2.24, 2.45) is 0 Å². The molecule has 0 aliphatic heterocycles. The van der Waals surface area contributed by atoms with Crippen LogP contribution in [0.3, 0.4) is 0 Å². The highest BCUT2D eigenvalue weighted by atomic mass is 35.5. The van der Waals surface area contributed by atoms with Crippen molar-refractivity contribution in [3.05, 3.63) is 72.3 Å². The second kappa shape index (κ2) is 8.84. The number of halogens is 5. The number of hydrogen-bond donors (Lipinski definition) is 1. The SMILES string of the molecule is O=C(Nc1ccc(OC(F)(F)Cl)cc1)c1cc(-c2cccnc2)c2c(c1)nc(C(F)F)n2C1CC1. The van der Waals surface area contributed by atoms with Crippen LogP contribution in [0.15, 0.2) is 60.9 Å². The van der Waals surface area contributed by atoms with Crippen molar-refractivity contribution >= 4 is 34.2 Å². The van der Waals surface area contributed by atoms with E-state index in [0.717, 1.165) is 12.8 Å². The number of alkyl halides is 5. The number of carbonyl (C=O) groups is 1. The number of aromatic nitrogens is 3. The molecule has 0 atom stereocenters. The Hall–Kier alpha value is -3.66. The van der Waals surface area contributed by atoms with Gasteiger partial charge in [0.2, 0.25) is 0 Å². The third-order valence-electron chi connectivity index (χ3n) is 5.50. The number of anilines is 1. The summed E-state index contributed by atoms with van der Waals surface area (Å²) in [6.07, 6.45) is 1.95. The first kappa shape index (κ1) is 23.1. The number of nitrogens with one attached hydrogen (secondary N) is 1. The van der Waals surface area contributed by atoms with Crippen LogP contribution in [-0.4, -0.2) is 26.0 Å². The molecule has 6 nitrogen and oxygen atoms in total. The standard InChI is InChI=1S/C24H17ClF4N4O2/c25-24(28,29)35-17-7-3-15(4-8-17)31-23(34)14-10-18(13-2-1-9-30-12-13)20-19(11-14)32-22(21(26)27)33(20)16-5-6-16/h1-4,7-12,16,21H,5-6H2,(H,31,34). The first-order valence-corrected chi connectivity index (χ1v) is 11.0. The van der Waals surface area contributed by atoms with E-state index in [1.807, 2.05) is 0 Å². The zero-order valence-electron chi connectivity index (χ0n) is 17.9. The highest BCUT2D eigenvalue weighted by molar-refractivity contribution is 6.20. The summed E-state index contributed by atoms with van der Waals surface area (Å²) in [6.45, 7) is 0. The van der Waals surface area contributed by atoms with E-state index < -0.39 is 17.9 Å². The van der Waals surface area contributed by atoms with Crippen LogP contribution in [-0.2, 0) is 0 Å². The molecule has 2 heterocycles. The largest absolute Gasteiger partial charge is 0.487 e. The van der Waals surface area contributed by atoms with Crippen molar-refractivity contribution in [1.29, 1.82) is 0 Å². The molecule has 5 rings (SSSR count). The molecule has 11 heteroatoms. The minimum atomic E-state index is -3.86. The Morgan fingerprint density at radius 1 is 1.17 bits per heavy atom. The summed E-state index contributed by atoms with van der Waals surface area (Å²) in [4.78, 5) is 21.3. The third-order valence-corrected chi connectivity index (χ3v) is 5.58. The number of rotatable bonds is 7. The highest BCUT2D eigenvalue weighted by Crippen LogP contribution is 2.43. The highest BCUT2D eigenvalue weighted by Gasteiger charge is 2.33. The Morgan fingerprint density at radius 3 is 2.51 bits per heavy atom. The van der Waals surface area contributed by atoms with E-state index in [-0.39, 0.29) is 28.7 Å². The molecule has 1 saturated carbocycles. The molecular weight excluding hydrogens is 488 g/mol. The van der Waals surface area contributed by atoms with E-state index in [9.17, 15) is 22.4 Å². The Balaban J connectivity index is 1.54. The van der Waals surface area contributed by atoms with Gasteiger partial charge in [0.15, 0.2) is 5.82 Å². The zero-order valence-corrected chi connectivity index (χ0v) is 18.6. The zero-order chi connectivity index (χ0) is 24.7. The Bertz CT molecular complexity index is 1380. The number of carbonyl (C=O) groups excluding carboxylic acids is 1. The minimum absolute atomic E-state index is 0.0693. The normalized spacial score (nSPS) is 13.9. The van der Waals surface area contributed by atoms with Gasteiger partial charge in [-0.1, -0.05) is 6.07 Å². The Labute approximate surface area is 201 Å². The Kier molecular flexibility index (Phi) is 5.84. The summed E-state index contributed by atoms with van der Waals surface area (Å²) in [6, 6.07) is 11.7. The van der Waals surface area contributed by atoms with Crippen LogP contribution in [0, 0.1) is 0 Å². The van der Waals surface area contributed by atoms with E-state index in [4.69, 9.17) is 11.6 Å². The van der Waals surface area contributed by atoms with E-state index in [2.05, 4.69) is 20.0 Å². The fourth-order valence-corrected chi connectivity index (χ4v) is 4.01. The summed E-state index contributed by atoms with van der Waals surface area (Å²) in [5.41, 5.74) is -1.37. The number of amides is 1. The quantitative estimate of drug-likeness (QED) is 0.222. The molecule has 1 aliphatic rings. The molecule has 0 spiro atoms. The molecule has 1 amide bonds. The Morgan fingerprint density at radius 2 is 1.91 bits per heavy atom. The van der Waals surface area contributed by atoms with Gasteiger partial charge in [-0.05, 0) is 55.3 Å². The lowest BCUT2D eigenvalue weighted by Gasteiger charge is -2.13. The first-order chi connectivity index (χ1) is 16.7. The molecule has 35 heavy (non-hydrogen) atoms. The average Bonchev–Trinajstić information content (AvgIpc) is 3.58. The summed E-state index contributed by atoms with van der Waals surface area (Å²) < 4.78 is 59.1. The van der Waals surface area contributed by atoms with Gasteiger partial charge in [-0.25, -0.2) is 13.8 Å². The maximum atomic E-state index is 13.8. The van der Waals surface area contributed by atoms with Gasteiger partial charge in [-0.15, -0.1) is 8.78 Å². The summed E-state index contributed by atoms with van der Waals surface area (Å²) in [5, 5.41) is 2.66. The molecule has 0 radical (unpaired) electrons. The minimum Gasteiger partial charge on any atom is -0.420 e. The summed E-state index contributed by atoms with van der Waals surface area (Å²) in [7, 11) is 0. The third kappa shape index (κ3) is 4.93. The van der Waals surface area contributed by atoms with Gasteiger partial charge in [0, 0.05) is 52.4 Å². The van der Waals surface area contributed by atoms with Crippen molar-refractivity contribution in [1.82, 2.24) is 14.5 Å². The lowest BCUT2D eigenvalue weighted by atomic mass is 10.0.